The molecule has 1 aromatic rings. The van der Waals surface area contributed by atoms with Crippen molar-refractivity contribution < 1.29 is 9.63 Å². The third kappa shape index (κ3) is 3.56. The van der Waals surface area contributed by atoms with Gasteiger partial charge in [-0.25, -0.2) is 0 Å². The number of hydrogen-bond donors (Lipinski definition) is 1. The lowest BCUT2D eigenvalue weighted by atomic mass is 9.72. The van der Waals surface area contributed by atoms with Crippen LogP contribution in [0.1, 0.15) is 65.6 Å². The Bertz CT molecular complexity index is 424. The molecule has 19 heavy (non-hydrogen) atoms. The van der Waals surface area contributed by atoms with Crippen molar-refractivity contribution in [2.24, 2.45) is 11.8 Å². The lowest BCUT2D eigenvalue weighted by Crippen LogP contribution is -2.39. The quantitative estimate of drug-likeness (QED) is 0.893. The second-order valence-corrected chi connectivity index (χ2v) is 7.52. The summed E-state index contributed by atoms with van der Waals surface area (Å²) in [5.41, 5.74) is -0.795. The van der Waals surface area contributed by atoms with E-state index in [2.05, 4.69) is 44.8 Å². The van der Waals surface area contributed by atoms with Gasteiger partial charge in [0.2, 0.25) is 5.89 Å². The van der Waals surface area contributed by atoms with Crippen LogP contribution in [0, 0.1) is 11.8 Å². The molecular formula is C15H26N2O2. The smallest absolute Gasteiger partial charge is 0.229 e. The Morgan fingerprint density at radius 3 is 2.32 bits per heavy atom. The van der Waals surface area contributed by atoms with Crippen molar-refractivity contribution in [3.05, 3.63) is 11.7 Å². The Labute approximate surface area is 115 Å². The Kier molecular flexibility index (Phi) is 3.74. The predicted molar refractivity (Wildman–Crippen MR) is 73.8 cm³/mol. The van der Waals surface area contributed by atoms with Gasteiger partial charge >= 0.3 is 0 Å². The molecule has 0 aliphatic heterocycles. The van der Waals surface area contributed by atoms with Crippen molar-refractivity contribution in [2.45, 2.75) is 71.3 Å². The first-order chi connectivity index (χ1) is 8.68. The van der Waals surface area contributed by atoms with Crippen LogP contribution in [-0.2, 0) is 11.8 Å². The minimum atomic E-state index is -0.682. The first kappa shape index (κ1) is 14.5. The molecule has 4 heteroatoms. The van der Waals surface area contributed by atoms with E-state index in [1.165, 1.54) is 6.42 Å². The average molecular weight is 266 g/mol. The molecule has 1 fully saturated rings. The van der Waals surface area contributed by atoms with E-state index in [4.69, 9.17) is 4.52 Å². The number of rotatable bonds is 2. The van der Waals surface area contributed by atoms with Crippen LogP contribution in [0.5, 0.6) is 0 Å². The predicted octanol–water partition coefficient (Wildman–Crippen LogP) is 3.10. The largest absolute Gasteiger partial charge is 0.389 e. The summed E-state index contributed by atoms with van der Waals surface area (Å²) in [5.74, 6) is 2.38. The van der Waals surface area contributed by atoms with Crippen molar-refractivity contribution in [1.82, 2.24) is 10.1 Å². The number of hydrogen-bond acceptors (Lipinski definition) is 4. The molecule has 1 aliphatic carbocycles. The molecule has 0 spiro atoms. The molecule has 2 rings (SSSR count). The van der Waals surface area contributed by atoms with Crippen LogP contribution in [0.15, 0.2) is 4.52 Å². The Morgan fingerprint density at radius 1 is 1.26 bits per heavy atom. The summed E-state index contributed by atoms with van der Waals surface area (Å²) in [5, 5.41) is 14.8. The molecule has 1 saturated carbocycles. The minimum Gasteiger partial charge on any atom is -0.389 e. The molecule has 1 aliphatic rings. The summed E-state index contributed by atoms with van der Waals surface area (Å²) in [6.07, 6.45) is 3.32. The van der Waals surface area contributed by atoms with Crippen LogP contribution in [0.25, 0.3) is 0 Å². The van der Waals surface area contributed by atoms with Gasteiger partial charge in [0.1, 0.15) is 0 Å². The van der Waals surface area contributed by atoms with Gasteiger partial charge in [0.15, 0.2) is 5.82 Å². The first-order valence-electron chi connectivity index (χ1n) is 7.23. The zero-order valence-electron chi connectivity index (χ0n) is 12.7. The average Bonchev–Trinajstić information content (AvgIpc) is 2.61. The molecule has 1 N–H and O–H groups in total. The minimum absolute atomic E-state index is 0.114. The molecule has 2 unspecified atom stereocenters. The van der Waals surface area contributed by atoms with Crippen LogP contribution in [-0.4, -0.2) is 20.8 Å². The van der Waals surface area contributed by atoms with Crippen molar-refractivity contribution in [1.29, 1.82) is 0 Å². The molecule has 0 amide bonds. The van der Waals surface area contributed by atoms with E-state index in [0.717, 1.165) is 12.8 Å². The highest BCUT2D eigenvalue weighted by Gasteiger charge is 2.38. The normalized spacial score (nSPS) is 32.5. The van der Waals surface area contributed by atoms with Gasteiger partial charge in [-0.2, -0.15) is 4.98 Å². The molecular weight excluding hydrogens is 240 g/mol. The molecule has 108 valence electrons. The van der Waals surface area contributed by atoms with Gasteiger partial charge in [0, 0.05) is 5.41 Å². The van der Waals surface area contributed by atoms with Gasteiger partial charge in [-0.15, -0.1) is 0 Å². The maximum Gasteiger partial charge on any atom is 0.229 e. The van der Waals surface area contributed by atoms with Gasteiger partial charge in [-0.1, -0.05) is 39.8 Å². The van der Waals surface area contributed by atoms with Crippen LogP contribution >= 0.6 is 0 Å². The molecule has 2 atom stereocenters. The van der Waals surface area contributed by atoms with Crippen molar-refractivity contribution in [3.8, 4) is 0 Å². The van der Waals surface area contributed by atoms with Crippen LogP contribution in [0.2, 0.25) is 0 Å². The van der Waals surface area contributed by atoms with Gasteiger partial charge in [0.05, 0.1) is 12.0 Å². The van der Waals surface area contributed by atoms with E-state index in [0.29, 0.717) is 30.0 Å². The summed E-state index contributed by atoms with van der Waals surface area (Å²) in [7, 11) is 0. The van der Waals surface area contributed by atoms with E-state index in [1.54, 1.807) is 0 Å². The highest BCUT2D eigenvalue weighted by Crippen LogP contribution is 2.37. The second-order valence-electron chi connectivity index (χ2n) is 7.52. The molecule has 0 saturated heterocycles. The summed E-state index contributed by atoms with van der Waals surface area (Å²) in [6, 6.07) is 0. The highest BCUT2D eigenvalue weighted by atomic mass is 16.5. The number of aliphatic hydroxyl groups is 1. The topological polar surface area (TPSA) is 59.2 Å². The Balaban J connectivity index is 2.10. The fourth-order valence-electron chi connectivity index (χ4n) is 3.29. The van der Waals surface area contributed by atoms with E-state index in [-0.39, 0.29) is 5.41 Å². The van der Waals surface area contributed by atoms with Crippen molar-refractivity contribution in [2.75, 3.05) is 0 Å². The van der Waals surface area contributed by atoms with Crippen molar-refractivity contribution in [3.63, 3.8) is 0 Å². The van der Waals surface area contributed by atoms with E-state index in [1.807, 2.05) is 0 Å². The lowest BCUT2D eigenvalue weighted by Gasteiger charge is -2.38. The highest BCUT2D eigenvalue weighted by molar-refractivity contribution is 5.02. The van der Waals surface area contributed by atoms with Crippen LogP contribution in [0.4, 0.5) is 0 Å². The molecule has 0 bridgehead atoms. The Hall–Kier alpha value is -0.900. The zero-order valence-corrected chi connectivity index (χ0v) is 12.7. The van der Waals surface area contributed by atoms with Crippen molar-refractivity contribution >= 4 is 0 Å². The first-order valence-corrected chi connectivity index (χ1v) is 7.23. The number of nitrogens with zero attached hydrogens (tertiary/aromatic N) is 2. The van der Waals surface area contributed by atoms with E-state index in [9.17, 15) is 5.11 Å². The molecule has 1 aromatic heterocycles. The Morgan fingerprint density at radius 2 is 1.84 bits per heavy atom. The molecule has 1 heterocycles. The van der Waals surface area contributed by atoms with Gasteiger partial charge < -0.3 is 9.63 Å². The summed E-state index contributed by atoms with van der Waals surface area (Å²) in [6.45, 7) is 10.6. The molecule has 0 radical (unpaired) electrons. The fraction of sp³-hybridized carbons (Fsp3) is 0.867. The van der Waals surface area contributed by atoms with Crippen LogP contribution < -0.4 is 0 Å². The standard InChI is InChI=1S/C15H26N2O2/c1-10-6-11(2)8-15(18,7-10)9-12-16-13(17-19-12)14(3,4)5/h10-11,18H,6-9H2,1-5H3. The maximum absolute atomic E-state index is 10.7. The zero-order chi connectivity index (χ0) is 14.3. The van der Waals surface area contributed by atoms with E-state index >= 15 is 0 Å². The second kappa shape index (κ2) is 4.89. The SMILES string of the molecule is CC1CC(C)CC(O)(Cc2nc(C(C)(C)C)no2)C1. The van der Waals surface area contributed by atoms with Crippen LogP contribution in [0.3, 0.4) is 0 Å². The maximum atomic E-state index is 10.7. The van der Waals surface area contributed by atoms with Gasteiger partial charge in [-0.05, 0) is 31.1 Å². The third-order valence-electron chi connectivity index (χ3n) is 3.88. The molecule has 4 nitrogen and oxygen atoms in total. The molecule has 0 aromatic carbocycles. The van der Waals surface area contributed by atoms with Gasteiger partial charge in [-0.3, -0.25) is 0 Å². The third-order valence-corrected chi connectivity index (χ3v) is 3.88. The summed E-state index contributed by atoms with van der Waals surface area (Å²) in [4.78, 5) is 4.43. The fourth-order valence-corrected chi connectivity index (χ4v) is 3.29. The monoisotopic (exact) mass is 266 g/mol. The number of aromatic nitrogens is 2. The van der Waals surface area contributed by atoms with Gasteiger partial charge in [0.25, 0.3) is 0 Å². The summed E-state index contributed by atoms with van der Waals surface area (Å²) < 4.78 is 5.31. The summed E-state index contributed by atoms with van der Waals surface area (Å²) >= 11 is 0. The van der Waals surface area contributed by atoms with E-state index < -0.39 is 5.60 Å². The lowest BCUT2D eigenvalue weighted by molar-refractivity contribution is -0.0355.